The van der Waals surface area contributed by atoms with E-state index >= 15 is 0 Å². The van der Waals surface area contributed by atoms with Crippen LogP contribution in [0.25, 0.3) is 0 Å². The first kappa shape index (κ1) is 15.7. The van der Waals surface area contributed by atoms with Crippen LogP contribution in [-0.2, 0) is 6.54 Å². The predicted octanol–water partition coefficient (Wildman–Crippen LogP) is 2.01. The molecular formula is C17H24N6. The lowest BCUT2D eigenvalue weighted by atomic mass is 10.1. The standard InChI is InChI=1S/C17H24N6/c1-22(2)17-19-10-8-16(21-17)20-15-7-5-11-23(13-15)12-14-6-3-4-9-18-14/h3-4,6,8-10,15H,5,7,11-13H2,1-2H3,(H,19,20,21). The number of nitrogens with zero attached hydrogens (tertiary/aromatic N) is 5. The van der Waals surface area contributed by atoms with Crippen molar-refractivity contribution in [2.75, 3.05) is 37.4 Å². The van der Waals surface area contributed by atoms with Crippen LogP contribution in [-0.4, -0.2) is 53.1 Å². The van der Waals surface area contributed by atoms with E-state index in [1.54, 1.807) is 6.20 Å². The summed E-state index contributed by atoms with van der Waals surface area (Å²) in [6.07, 6.45) is 6.02. The zero-order valence-corrected chi connectivity index (χ0v) is 13.8. The Morgan fingerprint density at radius 2 is 2.13 bits per heavy atom. The summed E-state index contributed by atoms with van der Waals surface area (Å²) in [7, 11) is 3.91. The molecule has 0 bridgehead atoms. The molecule has 1 atom stereocenters. The second kappa shape index (κ2) is 7.37. The Labute approximate surface area is 137 Å². The topological polar surface area (TPSA) is 57.2 Å². The van der Waals surface area contributed by atoms with Crippen LogP contribution in [0.1, 0.15) is 18.5 Å². The van der Waals surface area contributed by atoms with Crippen molar-refractivity contribution >= 4 is 11.8 Å². The molecule has 122 valence electrons. The smallest absolute Gasteiger partial charge is 0.226 e. The van der Waals surface area contributed by atoms with Crippen molar-refractivity contribution in [2.45, 2.75) is 25.4 Å². The molecule has 3 rings (SSSR count). The second-order valence-corrected chi connectivity index (χ2v) is 6.18. The largest absolute Gasteiger partial charge is 0.366 e. The molecule has 6 heteroatoms. The Bertz CT molecular complexity index is 615. The second-order valence-electron chi connectivity index (χ2n) is 6.18. The normalized spacial score (nSPS) is 18.6. The van der Waals surface area contributed by atoms with Crippen molar-refractivity contribution in [3.05, 3.63) is 42.4 Å². The first-order chi connectivity index (χ1) is 11.2. The number of aromatic nitrogens is 3. The van der Waals surface area contributed by atoms with Crippen LogP contribution in [0.2, 0.25) is 0 Å². The lowest BCUT2D eigenvalue weighted by Gasteiger charge is -2.33. The average molecular weight is 312 g/mol. The summed E-state index contributed by atoms with van der Waals surface area (Å²) < 4.78 is 0. The highest BCUT2D eigenvalue weighted by molar-refractivity contribution is 5.41. The third-order valence-corrected chi connectivity index (χ3v) is 4.01. The zero-order chi connectivity index (χ0) is 16.1. The van der Waals surface area contributed by atoms with Crippen molar-refractivity contribution in [1.82, 2.24) is 19.9 Å². The molecular weight excluding hydrogens is 288 g/mol. The fraction of sp³-hybridized carbons (Fsp3) is 0.471. The molecule has 23 heavy (non-hydrogen) atoms. The molecule has 2 aromatic rings. The minimum atomic E-state index is 0.414. The lowest BCUT2D eigenvalue weighted by molar-refractivity contribution is 0.206. The summed E-state index contributed by atoms with van der Waals surface area (Å²) in [6, 6.07) is 8.44. The van der Waals surface area contributed by atoms with Gasteiger partial charge < -0.3 is 10.2 Å². The van der Waals surface area contributed by atoms with Crippen LogP contribution >= 0.6 is 0 Å². The van der Waals surface area contributed by atoms with Gasteiger partial charge in [-0.3, -0.25) is 9.88 Å². The summed E-state index contributed by atoms with van der Waals surface area (Å²) in [4.78, 5) is 17.6. The summed E-state index contributed by atoms with van der Waals surface area (Å²) in [6.45, 7) is 3.05. The van der Waals surface area contributed by atoms with Gasteiger partial charge in [0, 0.05) is 45.6 Å². The van der Waals surface area contributed by atoms with E-state index in [4.69, 9.17) is 0 Å². The van der Waals surface area contributed by atoms with Crippen LogP contribution in [0.3, 0.4) is 0 Å². The molecule has 1 aliphatic rings. The average Bonchev–Trinajstić information content (AvgIpc) is 2.56. The molecule has 1 saturated heterocycles. The number of hydrogen-bond donors (Lipinski definition) is 1. The van der Waals surface area contributed by atoms with Gasteiger partial charge in [-0.25, -0.2) is 4.98 Å². The molecule has 1 unspecified atom stereocenters. The van der Waals surface area contributed by atoms with Crippen molar-refractivity contribution in [3.63, 3.8) is 0 Å². The molecule has 0 aliphatic carbocycles. The van der Waals surface area contributed by atoms with Gasteiger partial charge in [-0.2, -0.15) is 4.98 Å². The Morgan fingerprint density at radius 1 is 1.22 bits per heavy atom. The zero-order valence-electron chi connectivity index (χ0n) is 13.8. The molecule has 0 amide bonds. The van der Waals surface area contributed by atoms with E-state index in [1.807, 2.05) is 43.4 Å². The third-order valence-electron chi connectivity index (χ3n) is 4.01. The van der Waals surface area contributed by atoms with Gasteiger partial charge in [0.2, 0.25) is 5.95 Å². The monoisotopic (exact) mass is 312 g/mol. The van der Waals surface area contributed by atoms with Gasteiger partial charge in [-0.15, -0.1) is 0 Å². The molecule has 1 fully saturated rings. The van der Waals surface area contributed by atoms with E-state index in [2.05, 4.69) is 31.2 Å². The number of piperidine rings is 1. The molecule has 1 aliphatic heterocycles. The van der Waals surface area contributed by atoms with Crippen molar-refractivity contribution in [2.24, 2.45) is 0 Å². The molecule has 6 nitrogen and oxygen atoms in total. The summed E-state index contributed by atoms with van der Waals surface area (Å²) in [5, 5.41) is 3.55. The maximum absolute atomic E-state index is 4.55. The van der Waals surface area contributed by atoms with Crippen LogP contribution < -0.4 is 10.2 Å². The van der Waals surface area contributed by atoms with Crippen LogP contribution in [0.5, 0.6) is 0 Å². The molecule has 3 heterocycles. The van der Waals surface area contributed by atoms with Crippen LogP contribution in [0.15, 0.2) is 36.7 Å². The molecule has 0 radical (unpaired) electrons. The highest BCUT2D eigenvalue weighted by Crippen LogP contribution is 2.17. The lowest BCUT2D eigenvalue weighted by Crippen LogP contribution is -2.41. The number of nitrogens with one attached hydrogen (secondary N) is 1. The summed E-state index contributed by atoms with van der Waals surface area (Å²) in [5.74, 6) is 1.63. The van der Waals surface area contributed by atoms with Crippen molar-refractivity contribution in [3.8, 4) is 0 Å². The van der Waals surface area contributed by atoms with E-state index in [9.17, 15) is 0 Å². The fourth-order valence-electron chi connectivity index (χ4n) is 2.89. The molecule has 0 aromatic carbocycles. The quantitative estimate of drug-likeness (QED) is 0.911. The third kappa shape index (κ3) is 4.39. The highest BCUT2D eigenvalue weighted by atomic mass is 15.2. The Morgan fingerprint density at radius 3 is 2.91 bits per heavy atom. The van der Waals surface area contributed by atoms with E-state index in [0.29, 0.717) is 6.04 Å². The Balaban J connectivity index is 1.59. The maximum Gasteiger partial charge on any atom is 0.226 e. The van der Waals surface area contributed by atoms with E-state index in [1.165, 1.54) is 12.8 Å². The van der Waals surface area contributed by atoms with Gasteiger partial charge >= 0.3 is 0 Å². The first-order valence-corrected chi connectivity index (χ1v) is 8.10. The number of likely N-dealkylation sites (tertiary alicyclic amines) is 1. The fourth-order valence-corrected chi connectivity index (χ4v) is 2.89. The molecule has 0 saturated carbocycles. The molecule has 2 aromatic heterocycles. The Hall–Kier alpha value is -2.21. The van der Waals surface area contributed by atoms with Gasteiger partial charge in [0.1, 0.15) is 5.82 Å². The SMILES string of the molecule is CN(C)c1nccc(NC2CCCN(Cc3ccccn3)C2)n1. The predicted molar refractivity (Wildman–Crippen MR) is 92.5 cm³/mol. The minimum absolute atomic E-state index is 0.414. The number of pyridine rings is 1. The van der Waals surface area contributed by atoms with Gasteiger partial charge in [0.05, 0.1) is 5.69 Å². The number of rotatable bonds is 5. The van der Waals surface area contributed by atoms with Gasteiger partial charge in [0.15, 0.2) is 0 Å². The van der Waals surface area contributed by atoms with Crippen molar-refractivity contribution in [1.29, 1.82) is 0 Å². The highest BCUT2D eigenvalue weighted by Gasteiger charge is 2.20. The molecule has 1 N–H and O–H groups in total. The summed E-state index contributed by atoms with van der Waals surface area (Å²) >= 11 is 0. The minimum Gasteiger partial charge on any atom is -0.366 e. The Kier molecular flexibility index (Phi) is 5.02. The molecule has 0 spiro atoms. The van der Waals surface area contributed by atoms with Crippen LogP contribution in [0, 0.1) is 0 Å². The number of anilines is 2. The van der Waals surface area contributed by atoms with E-state index in [0.717, 1.165) is 37.1 Å². The van der Waals surface area contributed by atoms with E-state index in [-0.39, 0.29) is 0 Å². The van der Waals surface area contributed by atoms with Gasteiger partial charge in [-0.1, -0.05) is 6.07 Å². The number of hydrogen-bond acceptors (Lipinski definition) is 6. The van der Waals surface area contributed by atoms with Gasteiger partial charge in [-0.05, 0) is 37.6 Å². The first-order valence-electron chi connectivity index (χ1n) is 8.10. The van der Waals surface area contributed by atoms with E-state index < -0.39 is 0 Å². The van der Waals surface area contributed by atoms with Gasteiger partial charge in [0.25, 0.3) is 0 Å². The van der Waals surface area contributed by atoms with Crippen LogP contribution in [0.4, 0.5) is 11.8 Å². The van der Waals surface area contributed by atoms with Crippen molar-refractivity contribution < 1.29 is 0 Å². The summed E-state index contributed by atoms with van der Waals surface area (Å²) in [5.41, 5.74) is 1.13. The maximum atomic E-state index is 4.55.